The van der Waals surface area contributed by atoms with E-state index in [2.05, 4.69) is 0 Å². The van der Waals surface area contributed by atoms with Crippen molar-refractivity contribution in [1.82, 2.24) is 0 Å². The van der Waals surface area contributed by atoms with Crippen molar-refractivity contribution in [1.29, 1.82) is 0 Å². The number of rotatable bonds is 2. The van der Waals surface area contributed by atoms with Gasteiger partial charge in [-0.2, -0.15) is 0 Å². The largest absolute Gasteiger partial charge is 0.478 e. The molecular formula is C12H7ClO4. The highest BCUT2D eigenvalue weighted by atomic mass is 35.5. The molecule has 17 heavy (non-hydrogen) atoms. The summed E-state index contributed by atoms with van der Waals surface area (Å²) in [5, 5.41) is 19.0. The van der Waals surface area contributed by atoms with Crippen LogP contribution < -0.4 is 0 Å². The molecule has 86 valence electrons. The summed E-state index contributed by atoms with van der Waals surface area (Å²) in [5.41, 5.74) is 0.188. The first-order chi connectivity index (χ1) is 7.99. The van der Waals surface area contributed by atoms with Gasteiger partial charge in [0, 0.05) is 10.4 Å². The van der Waals surface area contributed by atoms with Gasteiger partial charge in [-0.25, -0.2) is 9.59 Å². The first-order valence-electron chi connectivity index (χ1n) is 4.69. The summed E-state index contributed by atoms with van der Waals surface area (Å²) in [6.45, 7) is 0. The zero-order valence-corrected chi connectivity index (χ0v) is 9.23. The number of carboxylic acids is 2. The Morgan fingerprint density at radius 3 is 2.18 bits per heavy atom. The van der Waals surface area contributed by atoms with Gasteiger partial charge in [-0.3, -0.25) is 0 Å². The van der Waals surface area contributed by atoms with Crippen LogP contribution in [0.4, 0.5) is 0 Å². The molecule has 5 heteroatoms. The summed E-state index contributed by atoms with van der Waals surface area (Å²) in [7, 11) is 0. The molecule has 0 amide bonds. The molecule has 0 heterocycles. The van der Waals surface area contributed by atoms with Gasteiger partial charge in [-0.15, -0.1) is 0 Å². The van der Waals surface area contributed by atoms with E-state index in [9.17, 15) is 9.59 Å². The summed E-state index contributed by atoms with van der Waals surface area (Å²) < 4.78 is 0. The van der Waals surface area contributed by atoms with Crippen molar-refractivity contribution < 1.29 is 19.8 Å². The Labute approximate surface area is 101 Å². The number of benzene rings is 2. The van der Waals surface area contributed by atoms with E-state index in [0.717, 1.165) is 0 Å². The van der Waals surface area contributed by atoms with Gasteiger partial charge >= 0.3 is 11.9 Å². The van der Waals surface area contributed by atoms with E-state index in [0.29, 0.717) is 10.8 Å². The van der Waals surface area contributed by atoms with Gasteiger partial charge in [-0.05, 0) is 29.7 Å². The van der Waals surface area contributed by atoms with Crippen LogP contribution in [0.2, 0.25) is 5.02 Å². The minimum atomic E-state index is -1.07. The van der Waals surface area contributed by atoms with Crippen LogP contribution in [0.25, 0.3) is 10.8 Å². The van der Waals surface area contributed by atoms with Crippen LogP contribution in [0.15, 0.2) is 30.3 Å². The Morgan fingerprint density at radius 1 is 0.941 bits per heavy atom. The number of hydrogen-bond donors (Lipinski definition) is 2. The van der Waals surface area contributed by atoms with Gasteiger partial charge in [-0.1, -0.05) is 17.7 Å². The lowest BCUT2D eigenvalue weighted by molar-refractivity contribution is 0.0686. The average molecular weight is 251 g/mol. The van der Waals surface area contributed by atoms with Gasteiger partial charge in [0.1, 0.15) is 0 Å². The summed E-state index contributed by atoms with van der Waals surface area (Å²) in [4.78, 5) is 21.6. The van der Waals surface area contributed by atoms with E-state index < -0.39 is 11.9 Å². The Hall–Kier alpha value is -2.07. The molecule has 0 saturated heterocycles. The molecule has 0 radical (unpaired) electrons. The number of fused-ring (bicyclic) bond motifs is 1. The lowest BCUT2D eigenvalue weighted by atomic mass is 10.0. The summed E-state index contributed by atoms with van der Waals surface area (Å²) in [5.74, 6) is -2.12. The molecule has 0 aliphatic rings. The van der Waals surface area contributed by atoms with Crippen molar-refractivity contribution in [3.05, 3.63) is 46.5 Å². The molecular weight excluding hydrogens is 244 g/mol. The monoisotopic (exact) mass is 250 g/mol. The Bertz CT molecular complexity index is 634. The van der Waals surface area contributed by atoms with Crippen LogP contribution in [-0.4, -0.2) is 22.2 Å². The van der Waals surface area contributed by atoms with Gasteiger partial charge < -0.3 is 10.2 Å². The SMILES string of the molecule is O=C(O)c1cc(Cl)c2cc(C(=O)O)ccc2c1. The predicted molar refractivity (Wildman–Crippen MR) is 62.9 cm³/mol. The lowest BCUT2D eigenvalue weighted by Gasteiger charge is -2.04. The van der Waals surface area contributed by atoms with Crippen LogP contribution in [0, 0.1) is 0 Å². The topological polar surface area (TPSA) is 74.6 Å². The molecule has 0 bridgehead atoms. The van der Waals surface area contributed by atoms with Crippen molar-refractivity contribution >= 4 is 34.3 Å². The second kappa shape index (κ2) is 4.07. The number of aromatic carboxylic acids is 2. The summed E-state index contributed by atoms with van der Waals surface area (Å²) in [6, 6.07) is 7.13. The molecule has 2 aromatic rings. The molecule has 0 spiro atoms. The molecule has 0 aromatic heterocycles. The van der Waals surface area contributed by atoms with E-state index in [1.165, 1.54) is 30.3 Å². The van der Waals surface area contributed by atoms with Gasteiger partial charge in [0.25, 0.3) is 0 Å². The quantitative estimate of drug-likeness (QED) is 0.859. The maximum atomic E-state index is 10.8. The van der Waals surface area contributed by atoms with Crippen LogP contribution in [0.1, 0.15) is 20.7 Å². The molecule has 4 nitrogen and oxygen atoms in total. The van der Waals surface area contributed by atoms with Crippen molar-refractivity contribution in [2.45, 2.75) is 0 Å². The van der Waals surface area contributed by atoms with E-state index in [1.807, 2.05) is 0 Å². The fourth-order valence-corrected chi connectivity index (χ4v) is 1.85. The second-order valence-corrected chi connectivity index (χ2v) is 3.91. The highest BCUT2D eigenvalue weighted by Gasteiger charge is 2.10. The summed E-state index contributed by atoms with van der Waals surface area (Å²) >= 11 is 5.93. The maximum absolute atomic E-state index is 10.8. The van der Waals surface area contributed by atoms with Crippen LogP contribution in [0.3, 0.4) is 0 Å². The third kappa shape index (κ3) is 2.07. The average Bonchev–Trinajstić information content (AvgIpc) is 2.28. The first-order valence-corrected chi connectivity index (χ1v) is 5.07. The van der Waals surface area contributed by atoms with Crippen LogP contribution in [0.5, 0.6) is 0 Å². The smallest absolute Gasteiger partial charge is 0.335 e. The van der Waals surface area contributed by atoms with E-state index in [-0.39, 0.29) is 16.1 Å². The van der Waals surface area contributed by atoms with Crippen molar-refractivity contribution in [2.75, 3.05) is 0 Å². The van der Waals surface area contributed by atoms with E-state index in [4.69, 9.17) is 21.8 Å². The molecule has 0 unspecified atom stereocenters. The third-order valence-corrected chi connectivity index (χ3v) is 2.71. The second-order valence-electron chi connectivity index (χ2n) is 3.50. The molecule has 2 N–H and O–H groups in total. The number of halogens is 1. The molecule has 0 atom stereocenters. The normalized spacial score (nSPS) is 10.4. The molecule has 2 aromatic carbocycles. The lowest BCUT2D eigenvalue weighted by Crippen LogP contribution is -1.98. The molecule has 0 saturated carbocycles. The number of carbonyl (C=O) groups is 2. The molecule has 0 fully saturated rings. The van der Waals surface area contributed by atoms with Crippen LogP contribution in [-0.2, 0) is 0 Å². The fourth-order valence-electron chi connectivity index (χ4n) is 1.57. The van der Waals surface area contributed by atoms with Gasteiger partial charge in [0.15, 0.2) is 0 Å². The third-order valence-electron chi connectivity index (χ3n) is 2.40. The van der Waals surface area contributed by atoms with Gasteiger partial charge in [0.05, 0.1) is 11.1 Å². The minimum Gasteiger partial charge on any atom is -0.478 e. The van der Waals surface area contributed by atoms with Crippen LogP contribution >= 0.6 is 11.6 Å². The van der Waals surface area contributed by atoms with E-state index >= 15 is 0 Å². The zero-order valence-electron chi connectivity index (χ0n) is 8.48. The first kappa shape index (κ1) is 11.4. The van der Waals surface area contributed by atoms with Gasteiger partial charge in [0.2, 0.25) is 0 Å². The van der Waals surface area contributed by atoms with Crippen molar-refractivity contribution in [2.24, 2.45) is 0 Å². The van der Waals surface area contributed by atoms with Crippen molar-refractivity contribution in [3.8, 4) is 0 Å². The van der Waals surface area contributed by atoms with Crippen molar-refractivity contribution in [3.63, 3.8) is 0 Å². The number of carboxylic acid groups (broad SMARTS) is 2. The Morgan fingerprint density at radius 2 is 1.59 bits per heavy atom. The molecule has 0 aliphatic heterocycles. The minimum absolute atomic E-state index is 0.0746. The standard InChI is InChI=1S/C12H7ClO4/c13-10-5-8(12(16)17)3-6-1-2-7(11(14)15)4-9(6)10/h1-5H,(H,14,15)(H,16,17). The summed E-state index contributed by atoms with van der Waals surface area (Å²) in [6.07, 6.45) is 0. The Kier molecular flexibility index (Phi) is 2.73. The maximum Gasteiger partial charge on any atom is 0.335 e. The molecule has 0 aliphatic carbocycles. The highest BCUT2D eigenvalue weighted by molar-refractivity contribution is 6.36. The predicted octanol–water partition coefficient (Wildman–Crippen LogP) is 2.89. The molecule has 2 rings (SSSR count). The highest BCUT2D eigenvalue weighted by Crippen LogP contribution is 2.26. The van der Waals surface area contributed by atoms with E-state index in [1.54, 1.807) is 0 Å². The number of hydrogen-bond acceptors (Lipinski definition) is 2. The Balaban J connectivity index is 2.72. The fraction of sp³-hybridized carbons (Fsp3) is 0. The zero-order chi connectivity index (χ0) is 12.6.